The van der Waals surface area contributed by atoms with Gasteiger partial charge in [-0.05, 0) is 17.4 Å². The van der Waals surface area contributed by atoms with Crippen LogP contribution in [-0.4, -0.2) is 41.5 Å². The van der Waals surface area contributed by atoms with Crippen LogP contribution in [0.15, 0.2) is 12.1 Å². The van der Waals surface area contributed by atoms with Gasteiger partial charge in [0.05, 0.1) is 12.6 Å². The van der Waals surface area contributed by atoms with E-state index < -0.39 is 10.8 Å². The molecule has 1 aromatic rings. The molecule has 1 heterocycles. The molecule has 0 bridgehead atoms. The Morgan fingerprint density at radius 3 is 2.89 bits per heavy atom. The van der Waals surface area contributed by atoms with E-state index in [4.69, 9.17) is 16.3 Å². The van der Waals surface area contributed by atoms with E-state index in [0.717, 1.165) is 0 Å². The van der Waals surface area contributed by atoms with Crippen LogP contribution in [-0.2, 0) is 4.74 Å². The number of rotatable bonds is 7. The average Bonchev–Trinajstić information content (AvgIpc) is 2.79. The molecule has 0 aromatic carbocycles. The summed E-state index contributed by atoms with van der Waals surface area (Å²) in [5.74, 6) is -0.254. The number of carbonyl (C=O) groups excluding carboxylic acids is 1. The van der Waals surface area contributed by atoms with Gasteiger partial charge in [0.15, 0.2) is 5.69 Å². The number of methoxy groups -OCH3 is 1. The summed E-state index contributed by atoms with van der Waals surface area (Å²) in [7, 11) is 1.52. The third-order valence-corrected chi connectivity index (χ3v) is 2.49. The number of hydrogen-bond acceptors (Lipinski definition) is 4. The summed E-state index contributed by atoms with van der Waals surface area (Å²) in [6.45, 7) is 0.335. The molecule has 18 heavy (non-hydrogen) atoms. The molecule has 7 nitrogen and oxygen atoms in total. The van der Waals surface area contributed by atoms with E-state index in [1.54, 1.807) is 0 Å². The Labute approximate surface area is 109 Å². The highest BCUT2D eigenvalue weighted by molar-refractivity contribution is 6.17. The van der Waals surface area contributed by atoms with E-state index in [1.165, 1.54) is 19.2 Å². The number of nitro groups is 1. The van der Waals surface area contributed by atoms with Crippen molar-refractivity contribution in [3.05, 3.63) is 27.9 Å². The summed E-state index contributed by atoms with van der Waals surface area (Å²) in [5, 5.41) is 13.2. The normalized spacial score (nSPS) is 12.1. The molecule has 100 valence electrons. The second-order valence-corrected chi connectivity index (χ2v) is 4.00. The highest BCUT2D eigenvalue weighted by Crippen LogP contribution is 2.10. The van der Waals surface area contributed by atoms with E-state index in [2.05, 4.69) is 10.3 Å². The van der Waals surface area contributed by atoms with Crippen LogP contribution >= 0.6 is 11.6 Å². The number of carbonyl (C=O) groups is 1. The first-order chi connectivity index (χ1) is 8.58. The molecule has 0 aliphatic rings. The minimum atomic E-state index is -0.595. The fraction of sp³-hybridized carbons (Fsp3) is 0.500. The molecule has 8 heteroatoms. The number of H-pyrrole nitrogens is 1. The SMILES string of the molecule is COCC(CCCl)NC(=O)c1ccc([N+](=O)[O-])[nH]1. The molecule has 0 spiro atoms. The average molecular weight is 276 g/mol. The summed E-state index contributed by atoms with van der Waals surface area (Å²) < 4.78 is 4.94. The first-order valence-corrected chi connectivity index (χ1v) is 5.81. The second-order valence-electron chi connectivity index (χ2n) is 3.62. The molecule has 0 radical (unpaired) electrons. The minimum absolute atomic E-state index is 0.136. The Morgan fingerprint density at radius 2 is 2.39 bits per heavy atom. The lowest BCUT2D eigenvalue weighted by Crippen LogP contribution is -2.38. The molecule has 1 aromatic heterocycles. The van der Waals surface area contributed by atoms with Crippen LogP contribution in [0.1, 0.15) is 16.9 Å². The van der Waals surface area contributed by atoms with Crippen LogP contribution < -0.4 is 5.32 Å². The van der Waals surface area contributed by atoms with Crippen molar-refractivity contribution in [2.45, 2.75) is 12.5 Å². The molecular weight excluding hydrogens is 262 g/mol. The van der Waals surface area contributed by atoms with Crippen molar-refractivity contribution in [2.75, 3.05) is 19.6 Å². The van der Waals surface area contributed by atoms with Crippen molar-refractivity contribution >= 4 is 23.3 Å². The second kappa shape index (κ2) is 6.97. The molecule has 0 saturated heterocycles. The first-order valence-electron chi connectivity index (χ1n) is 5.27. The zero-order valence-electron chi connectivity index (χ0n) is 9.81. The van der Waals surface area contributed by atoms with Crippen LogP contribution in [0, 0.1) is 10.1 Å². The van der Waals surface area contributed by atoms with Gasteiger partial charge >= 0.3 is 5.82 Å². The quantitative estimate of drug-likeness (QED) is 0.445. The lowest BCUT2D eigenvalue weighted by Gasteiger charge is -2.15. The molecule has 2 N–H and O–H groups in total. The fourth-order valence-electron chi connectivity index (χ4n) is 1.42. The number of aromatic amines is 1. The Balaban J connectivity index is 2.64. The van der Waals surface area contributed by atoms with Gasteiger partial charge in [0, 0.05) is 19.1 Å². The minimum Gasteiger partial charge on any atom is -0.383 e. The summed E-state index contributed by atoms with van der Waals surface area (Å²) in [6.07, 6.45) is 0.559. The van der Waals surface area contributed by atoms with E-state index >= 15 is 0 Å². The van der Waals surface area contributed by atoms with Gasteiger partial charge in [-0.25, -0.2) is 4.98 Å². The van der Waals surface area contributed by atoms with Gasteiger partial charge in [-0.1, -0.05) is 0 Å². The molecular formula is C10H14ClN3O4. The van der Waals surface area contributed by atoms with Gasteiger partial charge in [0.25, 0.3) is 5.91 Å². The van der Waals surface area contributed by atoms with Gasteiger partial charge < -0.3 is 20.2 Å². The Kier molecular flexibility index (Phi) is 5.60. The smallest absolute Gasteiger partial charge is 0.321 e. The van der Waals surface area contributed by atoms with Crippen molar-refractivity contribution in [3.63, 3.8) is 0 Å². The molecule has 0 aliphatic heterocycles. The van der Waals surface area contributed by atoms with Crippen molar-refractivity contribution < 1.29 is 14.5 Å². The number of alkyl halides is 1. The zero-order valence-corrected chi connectivity index (χ0v) is 10.6. The molecule has 1 rings (SSSR count). The van der Waals surface area contributed by atoms with Crippen molar-refractivity contribution in [1.82, 2.24) is 10.3 Å². The maximum absolute atomic E-state index is 11.8. The zero-order chi connectivity index (χ0) is 13.5. The lowest BCUT2D eigenvalue weighted by molar-refractivity contribution is -0.389. The molecule has 1 unspecified atom stereocenters. The summed E-state index contributed by atoms with van der Waals surface area (Å²) in [6, 6.07) is 2.38. The van der Waals surface area contributed by atoms with Crippen molar-refractivity contribution in [3.8, 4) is 0 Å². The first kappa shape index (κ1) is 14.5. The van der Waals surface area contributed by atoms with Crippen LogP contribution in [0.25, 0.3) is 0 Å². The van der Waals surface area contributed by atoms with Gasteiger partial charge in [-0.3, -0.25) is 4.79 Å². The maximum Gasteiger partial charge on any atom is 0.321 e. The van der Waals surface area contributed by atoms with Gasteiger partial charge in [-0.2, -0.15) is 0 Å². The standard InChI is InChI=1S/C10H14ClN3O4/c1-18-6-7(4-5-11)12-10(15)8-2-3-9(13-8)14(16)17/h2-3,7,13H,4-6H2,1H3,(H,12,15). The van der Waals surface area contributed by atoms with E-state index in [9.17, 15) is 14.9 Å². The maximum atomic E-state index is 11.8. The third-order valence-electron chi connectivity index (χ3n) is 2.27. The number of hydrogen-bond donors (Lipinski definition) is 2. The number of amides is 1. The highest BCUT2D eigenvalue weighted by Gasteiger charge is 2.18. The predicted molar refractivity (Wildman–Crippen MR) is 65.9 cm³/mol. The fourth-order valence-corrected chi connectivity index (χ4v) is 1.68. The van der Waals surface area contributed by atoms with E-state index in [-0.39, 0.29) is 17.6 Å². The van der Waals surface area contributed by atoms with Crippen LogP contribution in [0.4, 0.5) is 5.82 Å². The van der Waals surface area contributed by atoms with Crippen molar-refractivity contribution in [1.29, 1.82) is 0 Å². The lowest BCUT2D eigenvalue weighted by atomic mass is 10.2. The Morgan fingerprint density at radius 1 is 1.67 bits per heavy atom. The molecule has 0 saturated carbocycles. The van der Waals surface area contributed by atoms with Crippen molar-refractivity contribution in [2.24, 2.45) is 0 Å². The number of nitrogens with zero attached hydrogens (tertiary/aromatic N) is 1. The van der Waals surface area contributed by atoms with Gasteiger partial charge in [0.1, 0.15) is 0 Å². The monoisotopic (exact) mass is 275 g/mol. The largest absolute Gasteiger partial charge is 0.383 e. The van der Waals surface area contributed by atoms with E-state index in [1.807, 2.05) is 0 Å². The topological polar surface area (TPSA) is 97.3 Å². The predicted octanol–water partition coefficient (Wildman–Crippen LogP) is 1.30. The molecule has 1 amide bonds. The van der Waals surface area contributed by atoms with Crippen LogP contribution in [0.3, 0.4) is 0 Å². The van der Waals surface area contributed by atoms with Gasteiger partial charge in [0.2, 0.25) is 0 Å². The number of nitrogens with one attached hydrogen (secondary N) is 2. The Bertz CT molecular complexity index is 415. The molecule has 1 atom stereocenters. The number of halogens is 1. The van der Waals surface area contributed by atoms with Crippen LogP contribution in [0.2, 0.25) is 0 Å². The summed E-state index contributed by atoms with van der Waals surface area (Å²) in [5.41, 5.74) is 0.136. The third kappa shape index (κ3) is 4.01. The van der Waals surface area contributed by atoms with E-state index in [0.29, 0.717) is 18.9 Å². The molecule has 0 fully saturated rings. The number of aromatic nitrogens is 1. The number of ether oxygens (including phenoxy) is 1. The van der Waals surface area contributed by atoms with Crippen LogP contribution in [0.5, 0.6) is 0 Å². The molecule has 0 aliphatic carbocycles. The highest BCUT2D eigenvalue weighted by atomic mass is 35.5. The summed E-state index contributed by atoms with van der Waals surface area (Å²) in [4.78, 5) is 24.1. The Hall–Kier alpha value is -1.60. The van der Waals surface area contributed by atoms with Gasteiger partial charge in [-0.15, -0.1) is 11.6 Å². The summed E-state index contributed by atoms with van der Waals surface area (Å²) >= 11 is 5.60.